The third-order valence-electron chi connectivity index (χ3n) is 4.22. The van der Waals surface area contributed by atoms with Crippen LogP contribution in [-0.2, 0) is 11.2 Å². The minimum atomic E-state index is 0.168. The van der Waals surface area contributed by atoms with Gasteiger partial charge in [-0.15, -0.1) is 5.10 Å². The Labute approximate surface area is 146 Å². The first-order valence-electron chi connectivity index (χ1n) is 8.56. The summed E-state index contributed by atoms with van der Waals surface area (Å²) in [6.07, 6.45) is 5.71. The second-order valence-corrected chi connectivity index (χ2v) is 6.96. The van der Waals surface area contributed by atoms with Crippen LogP contribution >= 0.6 is 11.8 Å². The lowest BCUT2D eigenvalue weighted by Crippen LogP contribution is -2.29. The highest BCUT2D eigenvalue weighted by molar-refractivity contribution is 7.99. The number of rotatable bonds is 7. The van der Waals surface area contributed by atoms with Gasteiger partial charge in [-0.2, -0.15) is 4.68 Å². The first kappa shape index (κ1) is 17.0. The third-order valence-corrected chi connectivity index (χ3v) is 5.13. The lowest BCUT2D eigenvalue weighted by molar-refractivity contribution is -0.127. The number of aryl methyl sites for hydroxylation is 1. The molecule has 6 nitrogen and oxygen atoms in total. The van der Waals surface area contributed by atoms with Gasteiger partial charge in [-0.3, -0.25) is 4.79 Å². The van der Waals surface area contributed by atoms with E-state index in [2.05, 4.69) is 34.6 Å². The van der Waals surface area contributed by atoms with E-state index >= 15 is 0 Å². The van der Waals surface area contributed by atoms with Crippen LogP contribution in [0.3, 0.4) is 0 Å². The Morgan fingerprint density at radius 3 is 2.67 bits per heavy atom. The highest BCUT2D eigenvalue weighted by atomic mass is 32.2. The summed E-state index contributed by atoms with van der Waals surface area (Å²) >= 11 is 1.40. The Hall–Kier alpha value is -1.89. The van der Waals surface area contributed by atoms with Gasteiger partial charge in [0, 0.05) is 13.1 Å². The molecule has 1 aliphatic rings. The standard InChI is InChI=1S/C17H23N5OS/c1-2-3-6-14-7-9-15(10-8-14)22-17(18-19-20-22)24-13-16(23)21-11-4-5-12-21/h7-10H,2-6,11-13H2,1H3. The molecule has 2 aromatic rings. The van der Waals surface area contributed by atoms with Crippen LogP contribution < -0.4 is 0 Å². The fraction of sp³-hybridized carbons (Fsp3) is 0.529. The highest BCUT2D eigenvalue weighted by Crippen LogP contribution is 2.20. The Morgan fingerprint density at radius 2 is 1.96 bits per heavy atom. The minimum absolute atomic E-state index is 0.168. The summed E-state index contributed by atoms with van der Waals surface area (Å²) in [6, 6.07) is 8.31. The van der Waals surface area contributed by atoms with Gasteiger partial charge in [0.05, 0.1) is 11.4 Å². The molecule has 0 atom stereocenters. The molecule has 7 heteroatoms. The molecule has 1 aliphatic heterocycles. The number of aromatic nitrogens is 4. The first-order valence-corrected chi connectivity index (χ1v) is 9.54. The fourth-order valence-electron chi connectivity index (χ4n) is 2.80. The van der Waals surface area contributed by atoms with E-state index in [1.165, 1.54) is 30.2 Å². The molecule has 3 rings (SSSR count). The lowest BCUT2D eigenvalue weighted by atomic mass is 10.1. The van der Waals surface area contributed by atoms with Gasteiger partial charge in [-0.05, 0) is 53.8 Å². The molecule has 1 aromatic carbocycles. The number of hydrogen-bond donors (Lipinski definition) is 0. The Balaban J connectivity index is 1.63. The lowest BCUT2D eigenvalue weighted by Gasteiger charge is -2.14. The van der Waals surface area contributed by atoms with Crippen molar-refractivity contribution in [1.29, 1.82) is 0 Å². The zero-order valence-corrected chi connectivity index (χ0v) is 14.8. The van der Waals surface area contributed by atoms with Crippen LogP contribution in [0.2, 0.25) is 0 Å². The highest BCUT2D eigenvalue weighted by Gasteiger charge is 2.19. The number of carbonyl (C=O) groups is 1. The van der Waals surface area contributed by atoms with E-state index in [0.29, 0.717) is 10.9 Å². The summed E-state index contributed by atoms with van der Waals surface area (Å²) in [6.45, 7) is 3.95. The number of nitrogens with zero attached hydrogens (tertiary/aromatic N) is 5. The predicted molar refractivity (Wildman–Crippen MR) is 94.3 cm³/mol. The van der Waals surface area contributed by atoms with Crippen LogP contribution in [0.25, 0.3) is 5.69 Å². The van der Waals surface area contributed by atoms with Crippen molar-refractivity contribution in [3.05, 3.63) is 29.8 Å². The van der Waals surface area contributed by atoms with Gasteiger partial charge < -0.3 is 4.90 Å². The smallest absolute Gasteiger partial charge is 0.233 e. The van der Waals surface area contributed by atoms with Crippen LogP contribution in [0.5, 0.6) is 0 Å². The molecule has 1 aromatic heterocycles. The molecule has 24 heavy (non-hydrogen) atoms. The molecule has 0 saturated carbocycles. The molecule has 1 saturated heterocycles. The molecule has 0 radical (unpaired) electrons. The number of tetrazole rings is 1. The SMILES string of the molecule is CCCCc1ccc(-n2nnnc2SCC(=O)N2CCCC2)cc1. The van der Waals surface area contributed by atoms with Crippen LogP contribution in [-0.4, -0.2) is 49.9 Å². The van der Waals surface area contributed by atoms with E-state index in [-0.39, 0.29) is 5.91 Å². The zero-order chi connectivity index (χ0) is 16.8. The van der Waals surface area contributed by atoms with Crippen molar-refractivity contribution in [2.75, 3.05) is 18.8 Å². The minimum Gasteiger partial charge on any atom is -0.342 e. The van der Waals surface area contributed by atoms with E-state index in [9.17, 15) is 4.79 Å². The molecule has 0 spiro atoms. The number of likely N-dealkylation sites (tertiary alicyclic amines) is 1. The molecule has 128 valence electrons. The van der Waals surface area contributed by atoms with Crippen LogP contribution in [0.1, 0.15) is 38.2 Å². The summed E-state index contributed by atoms with van der Waals surface area (Å²) in [7, 11) is 0. The fourth-order valence-corrected chi connectivity index (χ4v) is 3.59. The van der Waals surface area contributed by atoms with Gasteiger partial charge in [-0.25, -0.2) is 0 Å². The van der Waals surface area contributed by atoms with E-state index in [1.54, 1.807) is 4.68 Å². The molecule has 1 amide bonds. The maximum Gasteiger partial charge on any atom is 0.233 e. The molecule has 1 fully saturated rings. The van der Waals surface area contributed by atoms with E-state index in [4.69, 9.17) is 0 Å². The molecule has 0 aliphatic carbocycles. The van der Waals surface area contributed by atoms with Crippen molar-refractivity contribution in [3.8, 4) is 5.69 Å². The summed E-state index contributed by atoms with van der Waals surface area (Å²) in [4.78, 5) is 14.1. The molecule has 2 heterocycles. The van der Waals surface area contributed by atoms with Gasteiger partial charge in [-0.1, -0.05) is 37.2 Å². The quantitative estimate of drug-likeness (QED) is 0.722. The van der Waals surface area contributed by atoms with Crippen molar-refractivity contribution in [1.82, 2.24) is 25.1 Å². The van der Waals surface area contributed by atoms with Gasteiger partial charge in [0.1, 0.15) is 0 Å². The molecule has 0 unspecified atom stereocenters. The van der Waals surface area contributed by atoms with Gasteiger partial charge in [0.2, 0.25) is 11.1 Å². The van der Waals surface area contributed by atoms with Gasteiger partial charge in [0.25, 0.3) is 0 Å². The average Bonchev–Trinajstić information content (AvgIpc) is 3.30. The third kappa shape index (κ3) is 4.14. The summed E-state index contributed by atoms with van der Waals surface area (Å²) in [5.41, 5.74) is 2.25. The summed E-state index contributed by atoms with van der Waals surface area (Å²) in [5, 5.41) is 12.5. The second-order valence-electron chi connectivity index (χ2n) is 6.02. The number of unbranched alkanes of at least 4 members (excludes halogenated alkanes) is 1. The Bertz CT molecular complexity index is 664. The predicted octanol–water partition coefficient (Wildman–Crippen LogP) is 2.72. The average molecular weight is 345 g/mol. The monoisotopic (exact) mass is 345 g/mol. The maximum atomic E-state index is 12.2. The van der Waals surface area contributed by atoms with Gasteiger partial charge >= 0.3 is 0 Å². The zero-order valence-electron chi connectivity index (χ0n) is 14.0. The number of benzene rings is 1. The topological polar surface area (TPSA) is 63.9 Å². The van der Waals surface area contributed by atoms with Crippen LogP contribution in [0.4, 0.5) is 0 Å². The Morgan fingerprint density at radius 1 is 1.21 bits per heavy atom. The van der Waals surface area contributed by atoms with E-state index < -0.39 is 0 Å². The van der Waals surface area contributed by atoms with Crippen molar-refractivity contribution < 1.29 is 4.79 Å². The maximum absolute atomic E-state index is 12.2. The Kier molecular flexibility index (Phi) is 5.85. The molecule has 0 bridgehead atoms. The van der Waals surface area contributed by atoms with Crippen molar-refractivity contribution in [3.63, 3.8) is 0 Å². The van der Waals surface area contributed by atoms with Gasteiger partial charge in [0.15, 0.2) is 0 Å². The first-order chi connectivity index (χ1) is 11.8. The van der Waals surface area contributed by atoms with E-state index in [1.807, 2.05) is 17.0 Å². The second kappa shape index (κ2) is 8.28. The summed E-state index contributed by atoms with van der Waals surface area (Å²) < 4.78 is 1.70. The van der Waals surface area contributed by atoms with Crippen molar-refractivity contribution >= 4 is 17.7 Å². The molecular weight excluding hydrogens is 322 g/mol. The molecule has 0 N–H and O–H groups in total. The number of carbonyl (C=O) groups excluding carboxylic acids is 1. The number of hydrogen-bond acceptors (Lipinski definition) is 5. The van der Waals surface area contributed by atoms with Crippen molar-refractivity contribution in [2.24, 2.45) is 0 Å². The largest absolute Gasteiger partial charge is 0.342 e. The number of thioether (sulfide) groups is 1. The van der Waals surface area contributed by atoms with Crippen molar-refractivity contribution in [2.45, 2.75) is 44.2 Å². The number of amides is 1. The normalized spacial score (nSPS) is 14.3. The summed E-state index contributed by atoms with van der Waals surface area (Å²) in [5.74, 6) is 0.552. The van der Waals surface area contributed by atoms with Crippen LogP contribution in [0.15, 0.2) is 29.4 Å². The van der Waals surface area contributed by atoms with E-state index in [0.717, 1.165) is 38.0 Å². The molecular formula is C17H23N5OS. The van der Waals surface area contributed by atoms with Crippen LogP contribution in [0, 0.1) is 0 Å².